The largest absolute Gasteiger partial charge is 0.326 e. The Morgan fingerprint density at radius 2 is 1.84 bits per heavy atom. The SMILES string of the molecule is NC(CCCc1ccccc1)C1CN2CCN1CC2. The molecule has 4 rings (SSSR count). The van der Waals surface area contributed by atoms with Gasteiger partial charge in [0.15, 0.2) is 0 Å². The van der Waals surface area contributed by atoms with Gasteiger partial charge < -0.3 is 5.73 Å². The maximum Gasteiger partial charge on any atom is 0.0375 e. The first kappa shape index (κ1) is 13.1. The smallest absolute Gasteiger partial charge is 0.0375 e. The predicted octanol–water partition coefficient (Wildman–Crippen LogP) is 1.34. The van der Waals surface area contributed by atoms with Crippen molar-refractivity contribution in [1.82, 2.24) is 9.80 Å². The lowest BCUT2D eigenvalue weighted by molar-refractivity contribution is 0.00121. The lowest BCUT2D eigenvalue weighted by atomic mass is 9.95. The summed E-state index contributed by atoms with van der Waals surface area (Å²) in [5.74, 6) is 0. The number of benzene rings is 1. The van der Waals surface area contributed by atoms with Crippen LogP contribution in [-0.2, 0) is 6.42 Å². The average molecular weight is 259 g/mol. The summed E-state index contributed by atoms with van der Waals surface area (Å²) in [6, 6.07) is 11.7. The van der Waals surface area contributed by atoms with Crippen LogP contribution in [0, 0.1) is 0 Å². The molecule has 3 heteroatoms. The Hall–Kier alpha value is -0.900. The summed E-state index contributed by atoms with van der Waals surface area (Å²) in [5.41, 5.74) is 7.86. The molecule has 0 radical (unpaired) electrons. The van der Waals surface area contributed by atoms with E-state index < -0.39 is 0 Å². The summed E-state index contributed by atoms with van der Waals surface area (Å²) < 4.78 is 0. The van der Waals surface area contributed by atoms with E-state index in [4.69, 9.17) is 5.73 Å². The zero-order valence-electron chi connectivity index (χ0n) is 11.7. The van der Waals surface area contributed by atoms with Crippen LogP contribution in [0.1, 0.15) is 18.4 Å². The molecule has 1 aromatic rings. The van der Waals surface area contributed by atoms with Crippen LogP contribution in [0.4, 0.5) is 0 Å². The number of hydrogen-bond acceptors (Lipinski definition) is 3. The van der Waals surface area contributed by atoms with E-state index in [-0.39, 0.29) is 0 Å². The summed E-state index contributed by atoms with van der Waals surface area (Å²) >= 11 is 0. The number of aryl methyl sites for hydroxylation is 1. The normalized spacial score (nSPS) is 31.3. The molecule has 3 aliphatic rings. The first-order valence-corrected chi connectivity index (χ1v) is 7.59. The van der Waals surface area contributed by atoms with Crippen molar-refractivity contribution in [2.24, 2.45) is 5.73 Å². The first-order chi connectivity index (χ1) is 9.33. The van der Waals surface area contributed by atoms with Crippen molar-refractivity contribution in [2.45, 2.75) is 31.3 Å². The van der Waals surface area contributed by atoms with Gasteiger partial charge in [-0.2, -0.15) is 0 Å². The molecular formula is C16H25N3. The Morgan fingerprint density at radius 3 is 2.47 bits per heavy atom. The van der Waals surface area contributed by atoms with Gasteiger partial charge >= 0.3 is 0 Å². The van der Waals surface area contributed by atoms with Crippen LogP contribution < -0.4 is 5.73 Å². The van der Waals surface area contributed by atoms with Crippen LogP contribution in [0.2, 0.25) is 0 Å². The number of piperazine rings is 3. The van der Waals surface area contributed by atoms with Gasteiger partial charge in [-0.05, 0) is 24.8 Å². The number of rotatable bonds is 5. The molecule has 2 atom stereocenters. The molecule has 0 amide bonds. The van der Waals surface area contributed by atoms with Crippen molar-refractivity contribution >= 4 is 0 Å². The molecular weight excluding hydrogens is 234 g/mol. The van der Waals surface area contributed by atoms with E-state index in [9.17, 15) is 0 Å². The van der Waals surface area contributed by atoms with E-state index in [1.807, 2.05) is 0 Å². The van der Waals surface area contributed by atoms with Gasteiger partial charge in [0.1, 0.15) is 0 Å². The fraction of sp³-hybridized carbons (Fsp3) is 0.625. The highest BCUT2D eigenvalue weighted by atomic mass is 15.3. The van der Waals surface area contributed by atoms with Gasteiger partial charge in [-0.3, -0.25) is 9.80 Å². The second kappa shape index (κ2) is 6.04. The van der Waals surface area contributed by atoms with Crippen molar-refractivity contribution < 1.29 is 0 Å². The standard InChI is InChI=1S/C16H25N3/c17-15(8-4-7-14-5-2-1-3-6-14)16-13-18-9-11-19(16)12-10-18/h1-3,5-6,15-16H,4,7-13,17H2. The number of nitrogens with two attached hydrogens (primary N) is 1. The molecule has 0 spiro atoms. The van der Waals surface area contributed by atoms with E-state index in [0.29, 0.717) is 12.1 Å². The minimum atomic E-state index is 0.340. The molecule has 19 heavy (non-hydrogen) atoms. The van der Waals surface area contributed by atoms with Gasteiger partial charge in [0.05, 0.1) is 0 Å². The Kier molecular flexibility index (Phi) is 4.16. The van der Waals surface area contributed by atoms with Crippen LogP contribution in [0.3, 0.4) is 0 Å². The van der Waals surface area contributed by atoms with E-state index in [1.165, 1.54) is 44.7 Å². The average Bonchev–Trinajstić information content (AvgIpc) is 2.49. The van der Waals surface area contributed by atoms with E-state index in [0.717, 1.165) is 12.8 Å². The first-order valence-electron chi connectivity index (χ1n) is 7.59. The zero-order chi connectivity index (χ0) is 13.1. The summed E-state index contributed by atoms with van der Waals surface area (Å²) in [5, 5.41) is 0. The molecule has 2 N–H and O–H groups in total. The molecule has 3 fully saturated rings. The van der Waals surface area contributed by atoms with E-state index >= 15 is 0 Å². The third-order valence-corrected chi connectivity index (χ3v) is 4.66. The second-order valence-corrected chi connectivity index (χ2v) is 5.95. The fourth-order valence-electron chi connectivity index (χ4n) is 3.44. The molecule has 0 saturated carbocycles. The van der Waals surface area contributed by atoms with Crippen LogP contribution >= 0.6 is 0 Å². The van der Waals surface area contributed by atoms with Crippen molar-refractivity contribution in [3.63, 3.8) is 0 Å². The molecule has 2 unspecified atom stereocenters. The second-order valence-electron chi connectivity index (χ2n) is 5.95. The lowest BCUT2D eigenvalue weighted by Gasteiger charge is -2.49. The molecule has 3 saturated heterocycles. The van der Waals surface area contributed by atoms with Gasteiger partial charge in [0, 0.05) is 44.8 Å². The van der Waals surface area contributed by atoms with Gasteiger partial charge in [-0.25, -0.2) is 0 Å². The highest BCUT2D eigenvalue weighted by Crippen LogP contribution is 2.19. The molecule has 3 nitrogen and oxygen atoms in total. The third kappa shape index (κ3) is 3.16. The Bertz CT molecular complexity index is 384. The van der Waals surface area contributed by atoms with Crippen LogP contribution in [0.15, 0.2) is 30.3 Å². The molecule has 104 valence electrons. The van der Waals surface area contributed by atoms with Crippen molar-refractivity contribution in [1.29, 1.82) is 0 Å². The summed E-state index contributed by atoms with van der Waals surface area (Å²) in [7, 11) is 0. The lowest BCUT2D eigenvalue weighted by Crippen LogP contribution is -2.65. The number of hydrogen-bond donors (Lipinski definition) is 1. The molecule has 0 aliphatic carbocycles. The van der Waals surface area contributed by atoms with Gasteiger partial charge in [0.25, 0.3) is 0 Å². The molecule has 2 bridgehead atoms. The number of nitrogens with zero attached hydrogens (tertiary/aromatic N) is 2. The minimum absolute atomic E-state index is 0.340. The maximum absolute atomic E-state index is 6.43. The quantitative estimate of drug-likeness (QED) is 0.866. The monoisotopic (exact) mass is 259 g/mol. The van der Waals surface area contributed by atoms with Crippen molar-refractivity contribution in [3.05, 3.63) is 35.9 Å². The van der Waals surface area contributed by atoms with E-state index in [2.05, 4.69) is 40.1 Å². The summed E-state index contributed by atoms with van der Waals surface area (Å²) in [4.78, 5) is 5.18. The van der Waals surface area contributed by atoms with Gasteiger partial charge in [-0.15, -0.1) is 0 Å². The molecule has 1 aromatic carbocycles. The van der Waals surface area contributed by atoms with Crippen LogP contribution in [-0.4, -0.2) is 54.6 Å². The molecule has 3 aliphatic heterocycles. The maximum atomic E-state index is 6.43. The Morgan fingerprint density at radius 1 is 1.11 bits per heavy atom. The topological polar surface area (TPSA) is 32.5 Å². The van der Waals surface area contributed by atoms with Crippen molar-refractivity contribution in [2.75, 3.05) is 32.7 Å². The van der Waals surface area contributed by atoms with Crippen LogP contribution in [0.5, 0.6) is 0 Å². The summed E-state index contributed by atoms with van der Waals surface area (Å²) in [6.45, 7) is 6.11. The fourth-order valence-corrected chi connectivity index (χ4v) is 3.44. The zero-order valence-corrected chi connectivity index (χ0v) is 11.7. The Balaban J connectivity index is 1.45. The highest BCUT2D eigenvalue weighted by Gasteiger charge is 2.34. The van der Waals surface area contributed by atoms with Gasteiger partial charge in [0.2, 0.25) is 0 Å². The predicted molar refractivity (Wildman–Crippen MR) is 79.2 cm³/mol. The summed E-state index contributed by atoms with van der Waals surface area (Å²) in [6.07, 6.45) is 3.50. The van der Waals surface area contributed by atoms with E-state index in [1.54, 1.807) is 0 Å². The number of fused-ring (bicyclic) bond motifs is 3. The van der Waals surface area contributed by atoms with Crippen LogP contribution in [0.25, 0.3) is 0 Å². The Labute approximate surface area is 116 Å². The molecule has 3 heterocycles. The van der Waals surface area contributed by atoms with Crippen molar-refractivity contribution in [3.8, 4) is 0 Å². The minimum Gasteiger partial charge on any atom is -0.326 e. The molecule has 0 aromatic heterocycles. The highest BCUT2D eigenvalue weighted by molar-refractivity contribution is 5.14. The van der Waals surface area contributed by atoms with Gasteiger partial charge in [-0.1, -0.05) is 30.3 Å². The third-order valence-electron chi connectivity index (χ3n) is 4.66.